The average Bonchev–Trinajstić information content (AvgIpc) is 3.24. The Labute approximate surface area is 212 Å². The number of carboxylic acid groups (broad SMARTS) is 1. The third-order valence-corrected chi connectivity index (χ3v) is 6.67. The summed E-state index contributed by atoms with van der Waals surface area (Å²) in [4.78, 5) is 16.9. The van der Waals surface area contributed by atoms with Crippen LogP contribution in [0.1, 0.15) is 39.2 Å². The van der Waals surface area contributed by atoms with E-state index in [4.69, 9.17) is 37.7 Å². The van der Waals surface area contributed by atoms with E-state index in [0.717, 1.165) is 28.0 Å². The lowest BCUT2D eigenvalue weighted by atomic mass is 10.0. The number of hydrogen-bond donors (Lipinski definition) is 1. The minimum absolute atomic E-state index is 0.273. The molecule has 0 radical (unpaired) electrons. The van der Waals surface area contributed by atoms with E-state index < -0.39 is 5.97 Å². The molecular weight excluding hydrogens is 485 g/mol. The first kappa shape index (κ1) is 23.2. The molecule has 0 spiro atoms. The highest BCUT2D eigenvalue weighted by Crippen LogP contribution is 2.38. The number of aromatic carboxylic acids is 1. The monoisotopic (exact) mass is 505 g/mol. The van der Waals surface area contributed by atoms with E-state index in [-0.39, 0.29) is 6.61 Å². The summed E-state index contributed by atoms with van der Waals surface area (Å²) in [6, 6.07) is 18.3. The van der Waals surface area contributed by atoms with Gasteiger partial charge in [-0.05, 0) is 65.9 Å². The maximum Gasteiger partial charge on any atom is 0.336 e. The molecule has 1 N–H and O–H groups in total. The first-order valence-corrected chi connectivity index (χ1v) is 11.8. The second-order valence-electron chi connectivity index (χ2n) is 8.24. The topological polar surface area (TPSA) is 68.7 Å². The van der Waals surface area contributed by atoms with E-state index in [1.807, 2.05) is 54.6 Å². The molecule has 176 valence electrons. The first-order valence-electron chi connectivity index (χ1n) is 11.0. The second-order valence-corrected chi connectivity index (χ2v) is 9.08. The number of methoxy groups -OCH3 is 1. The van der Waals surface area contributed by atoms with Gasteiger partial charge in [-0.25, -0.2) is 9.78 Å². The molecule has 0 saturated heterocycles. The molecule has 0 aliphatic heterocycles. The van der Waals surface area contributed by atoms with E-state index in [0.29, 0.717) is 50.9 Å². The highest BCUT2D eigenvalue weighted by molar-refractivity contribution is 6.35. The van der Waals surface area contributed by atoms with Crippen LogP contribution in [-0.4, -0.2) is 23.2 Å². The zero-order chi connectivity index (χ0) is 24.5. The lowest BCUT2D eigenvalue weighted by molar-refractivity contribution is 0.0698. The van der Waals surface area contributed by atoms with Gasteiger partial charge in [-0.2, -0.15) is 0 Å². The molecule has 7 heteroatoms. The molecule has 0 amide bonds. The van der Waals surface area contributed by atoms with Gasteiger partial charge < -0.3 is 14.6 Å². The number of carboxylic acids is 1. The summed E-state index contributed by atoms with van der Waals surface area (Å²) in [7, 11) is 1.59. The van der Waals surface area contributed by atoms with Crippen molar-refractivity contribution in [3.05, 3.63) is 98.7 Å². The molecule has 0 atom stereocenters. The summed E-state index contributed by atoms with van der Waals surface area (Å²) < 4.78 is 11.5. The average molecular weight is 506 g/mol. The Morgan fingerprint density at radius 1 is 1.06 bits per heavy atom. The van der Waals surface area contributed by atoms with Crippen molar-refractivity contribution < 1.29 is 19.4 Å². The van der Waals surface area contributed by atoms with Crippen LogP contribution in [0, 0.1) is 0 Å². The normalized spacial score (nSPS) is 13.7. The molecule has 1 aromatic heterocycles. The predicted octanol–water partition coefficient (Wildman–Crippen LogP) is 7.31. The van der Waals surface area contributed by atoms with Gasteiger partial charge in [0.2, 0.25) is 0 Å². The van der Waals surface area contributed by atoms with Gasteiger partial charge in [0.05, 0.1) is 23.9 Å². The summed E-state index contributed by atoms with van der Waals surface area (Å²) in [6.45, 7) is 0.273. The van der Waals surface area contributed by atoms with Crippen molar-refractivity contribution in [2.45, 2.75) is 19.4 Å². The number of benzene rings is 3. The number of pyridine rings is 1. The van der Waals surface area contributed by atoms with Crippen molar-refractivity contribution in [3.8, 4) is 11.5 Å². The molecule has 0 fully saturated rings. The number of rotatable bonds is 6. The molecule has 35 heavy (non-hydrogen) atoms. The molecule has 0 saturated carbocycles. The Kier molecular flexibility index (Phi) is 6.37. The Morgan fingerprint density at radius 3 is 2.66 bits per heavy atom. The molecular formula is C28H21Cl2NO4. The Hall–Kier alpha value is -3.54. The lowest BCUT2D eigenvalue weighted by Crippen LogP contribution is -2.05. The molecule has 1 aliphatic carbocycles. The molecule has 4 aromatic rings. The molecule has 1 aliphatic rings. The van der Waals surface area contributed by atoms with Gasteiger partial charge in [0.25, 0.3) is 0 Å². The summed E-state index contributed by atoms with van der Waals surface area (Å²) in [5.74, 6) is 0.246. The van der Waals surface area contributed by atoms with Gasteiger partial charge in [-0.3, -0.25) is 0 Å². The molecule has 0 unspecified atom stereocenters. The van der Waals surface area contributed by atoms with E-state index in [1.54, 1.807) is 19.2 Å². The smallest absolute Gasteiger partial charge is 0.336 e. The maximum absolute atomic E-state index is 12.1. The fourth-order valence-corrected chi connectivity index (χ4v) is 4.88. The van der Waals surface area contributed by atoms with Gasteiger partial charge in [0.15, 0.2) is 11.5 Å². The third-order valence-electron chi connectivity index (χ3n) is 6.08. The Bertz CT molecular complexity index is 1500. The SMILES string of the molecule is COc1cc(/C=C2/CCc3c2nc2ccccc2c3C(=O)O)ccc1OCc1ccc(Cl)cc1Cl. The van der Waals surface area contributed by atoms with Crippen LogP contribution in [0.15, 0.2) is 60.7 Å². The van der Waals surface area contributed by atoms with Crippen LogP contribution in [0.5, 0.6) is 11.5 Å². The number of para-hydroxylation sites is 1. The number of ether oxygens (including phenoxy) is 2. The number of aromatic nitrogens is 1. The van der Waals surface area contributed by atoms with Crippen LogP contribution in [-0.2, 0) is 13.0 Å². The Balaban J connectivity index is 1.46. The van der Waals surface area contributed by atoms with E-state index in [9.17, 15) is 9.90 Å². The van der Waals surface area contributed by atoms with Crippen LogP contribution in [0.2, 0.25) is 10.0 Å². The van der Waals surface area contributed by atoms with Gasteiger partial charge in [-0.15, -0.1) is 0 Å². The van der Waals surface area contributed by atoms with Crippen LogP contribution in [0.25, 0.3) is 22.6 Å². The zero-order valence-electron chi connectivity index (χ0n) is 18.8. The van der Waals surface area contributed by atoms with Crippen LogP contribution in [0.4, 0.5) is 0 Å². The van der Waals surface area contributed by atoms with Crippen LogP contribution >= 0.6 is 23.2 Å². The van der Waals surface area contributed by atoms with E-state index >= 15 is 0 Å². The second kappa shape index (κ2) is 9.61. The first-order chi connectivity index (χ1) is 16.9. The van der Waals surface area contributed by atoms with Crippen molar-refractivity contribution in [2.75, 3.05) is 7.11 Å². The number of allylic oxidation sites excluding steroid dienone is 1. The van der Waals surface area contributed by atoms with Crippen molar-refractivity contribution in [1.29, 1.82) is 0 Å². The molecule has 5 rings (SSSR count). The largest absolute Gasteiger partial charge is 0.493 e. The third kappa shape index (κ3) is 4.57. The van der Waals surface area contributed by atoms with Gasteiger partial charge in [0, 0.05) is 21.0 Å². The van der Waals surface area contributed by atoms with Gasteiger partial charge >= 0.3 is 5.97 Å². The Morgan fingerprint density at radius 2 is 1.89 bits per heavy atom. The lowest BCUT2D eigenvalue weighted by Gasteiger charge is -2.13. The van der Waals surface area contributed by atoms with Gasteiger partial charge in [0.1, 0.15) is 6.61 Å². The molecule has 5 nitrogen and oxygen atoms in total. The standard InChI is InChI=1S/C28H21Cl2NO4/c1-34-25-13-16(6-11-24(25)35-15-18-7-9-19(29)14-22(18)30)12-17-8-10-21-26(28(32)33)20-4-2-3-5-23(20)31-27(17)21/h2-7,9,11-14H,8,10,15H2,1H3,(H,32,33)/b17-12-. The summed E-state index contributed by atoms with van der Waals surface area (Å²) in [5, 5.41) is 11.7. The summed E-state index contributed by atoms with van der Waals surface area (Å²) >= 11 is 12.2. The maximum atomic E-state index is 12.1. The number of carbonyl (C=O) groups is 1. The molecule has 3 aromatic carbocycles. The molecule has 1 heterocycles. The van der Waals surface area contributed by atoms with Crippen molar-refractivity contribution in [2.24, 2.45) is 0 Å². The van der Waals surface area contributed by atoms with E-state index in [1.165, 1.54) is 0 Å². The van der Waals surface area contributed by atoms with Crippen molar-refractivity contribution >= 4 is 51.7 Å². The van der Waals surface area contributed by atoms with Crippen molar-refractivity contribution in [3.63, 3.8) is 0 Å². The highest BCUT2D eigenvalue weighted by Gasteiger charge is 2.26. The van der Waals surface area contributed by atoms with Crippen molar-refractivity contribution in [1.82, 2.24) is 4.98 Å². The molecule has 0 bridgehead atoms. The number of nitrogens with zero attached hydrogens (tertiary/aromatic N) is 1. The van der Waals surface area contributed by atoms with Crippen LogP contribution < -0.4 is 9.47 Å². The fourth-order valence-electron chi connectivity index (χ4n) is 4.41. The predicted molar refractivity (Wildman–Crippen MR) is 139 cm³/mol. The summed E-state index contributed by atoms with van der Waals surface area (Å²) in [6.07, 6.45) is 3.39. The zero-order valence-corrected chi connectivity index (χ0v) is 20.4. The van der Waals surface area contributed by atoms with Crippen LogP contribution in [0.3, 0.4) is 0 Å². The minimum atomic E-state index is -0.926. The number of fused-ring (bicyclic) bond motifs is 2. The van der Waals surface area contributed by atoms with E-state index in [2.05, 4.69) is 0 Å². The minimum Gasteiger partial charge on any atom is -0.493 e. The fraction of sp³-hybridized carbons (Fsp3) is 0.143. The van der Waals surface area contributed by atoms with Gasteiger partial charge in [-0.1, -0.05) is 53.5 Å². The quantitative estimate of drug-likeness (QED) is 0.297. The number of halogens is 2. The highest BCUT2D eigenvalue weighted by atomic mass is 35.5. The number of hydrogen-bond acceptors (Lipinski definition) is 4. The summed E-state index contributed by atoms with van der Waals surface area (Å²) in [5.41, 5.74) is 5.28.